The van der Waals surface area contributed by atoms with Crippen LogP contribution in [0, 0.1) is 0 Å². The number of methoxy groups -OCH3 is 1. The lowest BCUT2D eigenvalue weighted by Crippen LogP contribution is -2.31. The highest BCUT2D eigenvalue weighted by Crippen LogP contribution is 2.23. The highest BCUT2D eigenvalue weighted by atomic mass is 35.5. The maximum Gasteiger partial charge on any atom is 0.306 e. The maximum atomic E-state index is 11.1. The predicted molar refractivity (Wildman–Crippen MR) is 75.2 cm³/mol. The summed E-state index contributed by atoms with van der Waals surface area (Å²) in [6.45, 7) is 3.73. The Kier molecular flexibility index (Phi) is 6.84. The van der Waals surface area contributed by atoms with Crippen LogP contribution in [0.25, 0.3) is 0 Å². The summed E-state index contributed by atoms with van der Waals surface area (Å²) in [4.78, 5) is 13.1. The van der Waals surface area contributed by atoms with E-state index in [-0.39, 0.29) is 5.97 Å². The van der Waals surface area contributed by atoms with E-state index in [0.717, 1.165) is 6.54 Å². The maximum absolute atomic E-state index is 11.1. The van der Waals surface area contributed by atoms with Crippen LogP contribution in [0.1, 0.15) is 25.0 Å². The zero-order chi connectivity index (χ0) is 14.3. The van der Waals surface area contributed by atoms with Crippen LogP contribution in [0.3, 0.4) is 0 Å². The van der Waals surface area contributed by atoms with Crippen molar-refractivity contribution in [3.63, 3.8) is 0 Å². The van der Waals surface area contributed by atoms with E-state index in [1.54, 1.807) is 12.1 Å². The molecule has 4 nitrogen and oxygen atoms in total. The molecule has 1 N–H and O–H groups in total. The number of benzene rings is 1. The van der Waals surface area contributed by atoms with E-state index in [1.807, 2.05) is 24.0 Å². The third-order valence-corrected chi connectivity index (χ3v) is 3.35. The molecule has 0 aromatic heterocycles. The first-order chi connectivity index (χ1) is 9.08. The summed E-state index contributed by atoms with van der Waals surface area (Å²) in [5, 5.41) is 10.7. The molecule has 0 aliphatic heterocycles. The topological polar surface area (TPSA) is 49.8 Å². The average molecular weight is 286 g/mol. The van der Waals surface area contributed by atoms with Gasteiger partial charge in [0.15, 0.2) is 0 Å². The number of carbonyl (C=O) groups excluding carboxylic acids is 1. The lowest BCUT2D eigenvalue weighted by molar-refractivity contribution is -0.141. The molecule has 19 heavy (non-hydrogen) atoms. The Balaban J connectivity index is 2.56. The van der Waals surface area contributed by atoms with Crippen molar-refractivity contribution in [2.75, 3.05) is 26.7 Å². The molecule has 0 saturated heterocycles. The Morgan fingerprint density at radius 1 is 1.47 bits per heavy atom. The number of nitrogens with zero attached hydrogens (tertiary/aromatic N) is 1. The molecule has 0 amide bonds. The smallest absolute Gasteiger partial charge is 0.306 e. The summed E-state index contributed by atoms with van der Waals surface area (Å²) < 4.78 is 4.60. The van der Waals surface area contributed by atoms with E-state index < -0.39 is 6.10 Å². The van der Waals surface area contributed by atoms with Gasteiger partial charge in [0.25, 0.3) is 0 Å². The van der Waals surface area contributed by atoms with Crippen LogP contribution in [0.5, 0.6) is 0 Å². The molecule has 106 valence electrons. The minimum absolute atomic E-state index is 0.245. The second-order valence-electron chi connectivity index (χ2n) is 4.26. The van der Waals surface area contributed by atoms with Crippen LogP contribution in [-0.4, -0.2) is 42.7 Å². The van der Waals surface area contributed by atoms with Gasteiger partial charge in [-0.2, -0.15) is 0 Å². The quantitative estimate of drug-likeness (QED) is 0.781. The van der Waals surface area contributed by atoms with Gasteiger partial charge in [0.05, 0.1) is 19.6 Å². The van der Waals surface area contributed by atoms with Crippen molar-refractivity contribution in [3.8, 4) is 0 Å². The van der Waals surface area contributed by atoms with Gasteiger partial charge in [0, 0.05) is 23.7 Å². The average Bonchev–Trinajstić information content (AvgIpc) is 2.43. The molecular weight excluding hydrogens is 266 g/mol. The van der Waals surface area contributed by atoms with Crippen molar-refractivity contribution in [2.45, 2.75) is 19.4 Å². The molecule has 5 heteroatoms. The number of likely N-dealkylation sites (N-methyl/N-ethyl adjacent to an activating group) is 1. The zero-order valence-corrected chi connectivity index (χ0v) is 12.1. The number of esters is 1. The Hall–Kier alpha value is -1.10. The standard InChI is InChI=1S/C14H20ClNO3/c1-3-16(9-8-14(18)19-2)10-13(17)11-6-4-5-7-12(11)15/h4-7,13,17H,3,8-10H2,1-2H3. The number of aliphatic hydroxyl groups is 1. The molecule has 1 rings (SSSR count). The van der Waals surface area contributed by atoms with Gasteiger partial charge in [-0.05, 0) is 12.6 Å². The Bertz CT molecular complexity index is 411. The van der Waals surface area contributed by atoms with E-state index >= 15 is 0 Å². The first-order valence-corrected chi connectivity index (χ1v) is 6.68. The number of rotatable bonds is 7. The van der Waals surface area contributed by atoms with Crippen LogP contribution in [0.15, 0.2) is 24.3 Å². The van der Waals surface area contributed by atoms with Gasteiger partial charge >= 0.3 is 5.97 Å². The molecule has 0 fully saturated rings. The summed E-state index contributed by atoms with van der Waals surface area (Å²) in [5.41, 5.74) is 0.709. The van der Waals surface area contributed by atoms with E-state index in [2.05, 4.69) is 4.74 Å². The number of ether oxygens (including phenoxy) is 1. The van der Waals surface area contributed by atoms with Crippen molar-refractivity contribution >= 4 is 17.6 Å². The Morgan fingerprint density at radius 2 is 2.16 bits per heavy atom. The van der Waals surface area contributed by atoms with Crippen molar-refractivity contribution in [3.05, 3.63) is 34.9 Å². The first kappa shape index (κ1) is 16.0. The van der Waals surface area contributed by atoms with Crippen molar-refractivity contribution < 1.29 is 14.6 Å². The molecule has 1 aromatic carbocycles. The molecule has 0 saturated carbocycles. The number of hydrogen-bond acceptors (Lipinski definition) is 4. The van der Waals surface area contributed by atoms with Crippen molar-refractivity contribution in [1.82, 2.24) is 4.90 Å². The van der Waals surface area contributed by atoms with Gasteiger partial charge in [0.2, 0.25) is 0 Å². The molecular formula is C14H20ClNO3. The minimum Gasteiger partial charge on any atom is -0.469 e. The third kappa shape index (κ3) is 5.19. The summed E-state index contributed by atoms with van der Waals surface area (Å²) in [6.07, 6.45) is -0.342. The highest BCUT2D eigenvalue weighted by Gasteiger charge is 2.15. The number of aliphatic hydroxyl groups excluding tert-OH is 1. The SMILES string of the molecule is CCN(CCC(=O)OC)CC(O)c1ccccc1Cl. The van der Waals surface area contributed by atoms with Crippen LogP contribution in [0.2, 0.25) is 5.02 Å². The van der Waals surface area contributed by atoms with E-state index in [0.29, 0.717) is 30.1 Å². The monoisotopic (exact) mass is 285 g/mol. The van der Waals surface area contributed by atoms with Gasteiger partial charge in [-0.1, -0.05) is 36.7 Å². The molecule has 0 spiro atoms. The van der Waals surface area contributed by atoms with Crippen LogP contribution >= 0.6 is 11.6 Å². The van der Waals surface area contributed by atoms with Crippen LogP contribution < -0.4 is 0 Å². The molecule has 1 atom stereocenters. The largest absolute Gasteiger partial charge is 0.469 e. The summed E-state index contributed by atoms with van der Waals surface area (Å²) >= 11 is 6.04. The van der Waals surface area contributed by atoms with Gasteiger partial charge < -0.3 is 14.7 Å². The number of hydrogen-bond donors (Lipinski definition) is 1. The van der Waals surface area contributed by atoms with Gasteiger partial charge in [-0.15, -0.1) is 0 Å². The highest BCUT2D eigenvalue weighted by molar-refractivity contribution is 6.31. The fourth-order valence-corrected chi connectivity index (χ4v) is 2.08. The number of carbonyl (C=O) groups is 1. The summed E-state index contributed by atoms with van der Waals surface area (Å²) in [6, 6.07) is 7.23. The third-order valence-electron chi connectivity index (χ3n) is 3.00. The molecule has 1 unspecified atom stereocenters. The van der Waals surface area contributed by atoms with Gasteiger partial charge in [-0.3, -0.25) is 4.79 Å². The Morgan fingerprint density at radius 3 is 2.74 bits per heavy atom. The normalized spacial score (nSPS) is 12.5. The molecule has 0 bridgehead atoms. The minimum atomic E-state index is -0.661. The summed E-state index contributed by atoms with van der Waals surface area (Å²) in [7, 11) is 1.37. The van der Waals surface area contributed by atoms with E-state index in [9.17, 15) is 9.90 Å². The van der Waals surface area contributed by atoms with Crippen molar-refractivity contribution in [1.29, 1.82) is 0 Å². The van der Waals surface area contributed by atoms with Crippen molar-refractivity contribution in [2.24, 2.45) is 0 Å². The van der Waals surface area contributed by atoms with Gasteiger partial charge in [0.1, 0.15) is 0 Å². The number of halogens is 1. The molecule has 0 heterocycles. The zero-order valence-electron chi connectivity index (χ0n) is 11.3. The molecule has 1 aromatic rings. The lowest BCUT2D eigenvalue weighted by atomic mass is 10.1. The van der Waals surface area contributed by atoms with Crippen LogP contribution in [-0.2, 0) is 9.53 Å². The molecule has 0 aliphatic carbocycles. The fraction of sp³-hybridized carbons (Fsp3) is 0.500. The second kappa shape index (κ2) is 8.15. The van der Waals surface area contributed by atoms with E-state index in [1.165, 1.54) is 7.11 Å². The van der Waals surface area contributed by atoms with Gasteiger partial charge in [-0.25, -0.2) is 0 Å². The molecule has 0 aliphatic rings. The fourth-order valence-electron chi connectivity index (χ4n) is 1.82. The molecule has 0 radical (unpaired) electrons. The van der Waals surface area contributed by atoms with Crippen LogP contribution in [0.4, 0.5) is 0 Å². The second-order valence-corrected chi connectivity index (χ2v) is 4.66. The van der Waals surface area contributed by atoms with E-state index in [4.69, 9.17) is 11.6 Å². The predicted octanol–water partition coefficient (Wildman–Crippen LogP) is 2.26. The summed E-state index contributed by atoms with van der Waals surface area (Å²) in [5.74, 6) is -0.245. The lowest BCUT2D eigenvalue weighted by Gasteiger charge is -2.23. The first-order valence-electron chi connectivity index (χ1n) is 6.30. The Labute approximate surface area is 118 Å².